The molecular formula is C22H30N4O2. The van der Waals surface area contributed by atoms with Crippen LogP contribution in [0.15, 0.2) is 35.4 Å². The third-order valence-corrected chi connectivity index (χ3v) is 6.59. The predicted octanol–water partition coefficient (Wildman–Crippen LogP) is 2.56. The normalized spacial score (nSPS) is 19.6. The Morgan fingerprint density at radius 3 is 2.79 bits per heavy atom. The molecule has 0 atom stereocenters. The lowest BCUT2D eigenvalue weighted by Gasteiger charge is -2.37. The summed E-state index contributed by atoms with van der Waals surface area (Å²) in [6.07, 6.45) is 8.74. The number of likely N-dealkylation sites (tertiary alicyclic amines) is 1. The van der Waals surface area contributed by atoms with E-state index in [1.54, 1.807) is 17.0 Å². The lowest BCUT2D eigenvalue weighted by molar-refractivity contribution is -0.131. The quantitative estimate of drug-likeness (QED) is 0.883. The molecule has 0 radical (unpaired) electrons. The van der Waals surface area contributed by atoms with Gasteiger partial charge in [-0.3, -0.25) is 14.2 Å². The van der Waals surface area contributed by atoms with Gasteiger partial charge in [0.1, 0.15) is 0 Å². The average Bonchev–Trinajstić information content (AvgIpc) is 2.93. The van der Waals surface area contributed by atoms with Crippen molar-refractivity contribution in [3.63, 3.8) is 0 Å². The second-order valence-corrected chi connectivity index (χ2v) is 8.35. The maximum Gasteiger partial charge on any atom is 0.261 e. The van der Waals surface area contributed by atoms with Gasteiger partial charge >= 0.3 is 0 Å². The third-order valence-electron chi connectivity index (χ3n) is 6.59. The van der Waals surface area contributed by atoms with Crippen LogP contribution in [0.4, 0.5) is 0 Å². The second kappa shape index (κ2) is 8.43. The van der Waals surface area contributed by atoms with Crippen molar-refractivity contribution in [1.82, 2.24) is 19.8 Å². The molecular weight excluding hydrogens is 352 g/mol. The molecule has 3 heterocycles. The molecule has 1 N–H and O–H groups in total. The van der Waals surface area contributed by atoms with Crippen molar-refractivity contribution in [3.05, 3.63) is 40.9 Å². The first kappa shape index (κ1) is 19.1. The van der Waals surface area contributed by atoms with Crippen LogP contribution in [0.2, 0.25) is 0 Å². The summed E-state index contributed by atoms with van der Waals surface area (Å²) in [7, 11) is 0. The lowest BCUT2D eigenvalue weighted by Crippen LogP contribution is -2.38. The first-order valence-corrected chi connectivity index (χ1v) is 10.6. The molecule has 1 amide bonds. The Labute approximate surface area is 165 Å². The van der Waals surface area contributed by atoms with Crippen molar-refractivity contribution in [3.8, 4) is 0 Å². The fourth-order valence-corrected chi connectivity index (χ4v) is 4.78. The van der Waals surface area contributed by atoms with Crippen molar-refractivity contribution >= 4 is 16.8 Å². The largest absolute Gasteiger partial charge is 0.343 e. The summed E-state index contributed by atoms with van der Waals surface area (Å²) in [4.78, 5) is 31.7. The summed E-state index contributed by atoms with van der Waals surface area (Å²) >= 11 is 0. The maximum absolute atomic E-state index is 12.7. The van der Waals surface area contributed by atoms with E-state index in [0.29, 0.717) is 30.2 Å². The number of fused-ring (bicyclic) bond motifs is 1. The van der Waals surface area contributed by atoms with Gasteiger partial charge in [-0.2, -0.15) is 0 Å². The van der Waals surface area contributed by atoms with Crippen LogP contribution in [-0.4, -0.2) is 46.5 Å². The molecule has 0 saturated carbocycles. The topological polar surface area (TPSA) is 67.2 Å². The number of benzene rings is 1. The van der Waals surface area contributed by atoms with Gasteiger partial charge in [-0.1, -0.05) is 12.1 Å². The van der Waals surface area contributed by atoms with Crippen molar-refractivity contribution in [2.45, 2.75) is 51.5 Å². The summed E-state index contributed by atoms with van der Waals surface area (Å²) in [6.45, 7) is 4.53. The molecule has 6 nitrogen and oxygen atoms in total. The number of piperidine rings is 1. The molecule has 4 rings (SSSR count). The smallest absolute Gasteiger partial charge is 0.261 e. The Morgan fingerprint density at radius 1 is 1.11 bits per heavy atom. The SMILES string of the molecule is O=C(CCCn1cnc2ccccc2c1=O)N1CCCC2(CCNCC2)CC1. The highest BCUT2D eigenvalue weighted by atomic mass is 16.2. The fourth-order valence-electron chi connectivity index (χ4n) is 4.78. The molecule has 2 aliphatic heterocycles. The summed E-state index contributed by atoms with van der Waals surface area (Å²) in [5.74, 6) is 0.229. The van der Waals surface area contributed by atoms with E-state index < -0.39 is 0 Å². The van der Waals surface area contributed by atoms with Crippen LogP contribution < -0.4 is 10.9 Å². The van der Waals surface area contributed by atoms with Crippen molar-refractivity contribution in [2.24, 2.45) is 5.41 Å². The highest BCUT2D eigenvalue weighted by Crippen LogP contribution is 2.39. The van der Waals surface area contributed by atoms with E-state index in [9.17, 15) is 9.59 Å². The molecule has 0 unspecified atom stereocenters. The first-order valence-electron chi connectivity index (χ1n) is 10.6. The van der Waals surface area contributed by atoms with E-state index >= 15 is 0 Å². The molecule has 2 fully saturated rings. The Morgan fingerprint density at radius 2 is 1.93 bits per heavy atom. The van der Waals surface area contributed by atoms with Crippen LogP contribution in [-0.2, 0) is 11.3 Å². The number of amides is 1. The fraction of sp³-hybridized carbons (Fsp3) is 0.591. The minimum atomic E-state index is -0.0272. The number of hydrogen-bond donors (Lipinski definition) is 1. The third kappa shape index (κ3) is 4.12. The van der Waals surface area contributed by atoms with E-state index in [4.69, 9.17) is 0 Å². The molecule has 6 heteroatoms. The molecule has 28 heavy (non-hydrogen) atoms. The van der Waals surface area contributed by atoms with Gasteiger partial charge < -0.3 is 10.2 Å². The van der Waals surface area contributed by atoms with Gasteiger partial charge in [0.25, 0.3) is 5.56 Å². The number of aryl methyl sites for hydroxylation is 1. The predicted molar refractivity (Wildman–Crippen MR) is 110 cm³/mol. The van der Waals surface area contributed by atoms with Crippen LogP contribution in [0.1, 0.15) is 44.9 Å². The van der Waals surface area contributed by atoms with Gasteiger partial charge in [-0.15, -0.1) is 0 Å². The molecule has 2 aliphatic rings. The Bertz CT molecular complexity index is 885. The molecule has 1 aromatic heterocycles. The van der Waals surface area contributed by atoms with Crippen molar-refractivity contribution in [1.29, 1.82) is 0 Å². The zero-order chi connectivity index (χ0) is 19.4. The van der Waals surface area contributed by atoms with E-state index in [1.807, 2.05) is 18.2 Å². The van der Waals surface area contributed by atoms with Gasteiger partial charge in [-0.05, 0) is 69.2 Å². The van der Waals surface area contributed by atoms with Gasteiger partial charge in [0, 0.05) is 26.1 Å². The Kier molecular flexibility index (Phi) is 5.76. The van der Waals surface area contributed by atoms with Crippen LogP contribution in [0, 0.1) is 5.41 Å². The van der Waals surface area contributed by atoms with Gasteiger partial charge in [0.2, 0.25) is 5.91 Å². The molecule has 2 aromatic rings. The number of hydrogen-bond acceptors (Lipinski definition) is 4. The number of para-hydroxylation sites is 1. The monoisotopic (exact) mass is 382 g/mol. The minimum Gasteiger partial charge on any atom is -0.343 e. The van der Waals surface area contributed by atoms with Gasteiger partial charge in [0.05, 0.1) is 17.2 Å². The van der Waals surface area contributed by atoms with E-state index in [1.165, 1.54) is 19.3 Å². The Balaban J connectivity index is 1.31. The van der Waals surface area contributed by atoms with Crippen LogP contribution in [0.5, 0.6) is 0 Å². The molecule has 0 bridgehead atoms. The number of carbonyl (C=O) groups excluding carboxylic acids is 1. The number of aromatic nitrogens is 2. The van der Waals surface area contributed by atoms with Gasteiger partial charge in [-0.25, -0.2) is 4.98 Å². The average molecular weight is 383 g/mol. The number of rotatable bonds is 4. The summed E-state index contributed by atoms with van der Waals surface area (Å²) in [5.41, 5.74) is 1.14. The summed E-state index contributed by atoms with van der Waals surface area (Å²) in [6, 6.07) is 7.39. The standard InChI is InChI=1S/C22H30N4O2/c27-20(25-15-4-8-22(11-16-25)9-12-23-13-10-22)7-3-14-26-17-24-19-6-2-1-5-18(19)21(26)28/h1-2,5-6,17,23H,3-4,7-16H2. The highest BCUT2D eigenvalue weighted by molar-refractivity contribution is 5.77. The second-order valence-electron chi connectivity index (χ2n) is 8.35. The van der Waals surface area contributed by atoms with E-state index in [0.717, 1.165) is 44.5 Å². The van der Waals surface area contributed by atoms with E-state index in [2.05, 4.69) is 15.2 Å². The first-order chi connectivity index (χ1) is 13.7. The summed E-state index contributed by atoms with van der Waals surface area (Å²) in [5, 5.41) is 4.09. The summed E-state index contributed by atoms with van der Waals surface area (Å²) < 4.78 is 1.63. The minimum absolute atomic E-state index is 0.0272. The van der Waals surface area contributed by atoms with Crippen molar-refractivity contribution < 1.29 is 4.79 Å². The maximum atomic E-state index is 12.7. The van der Waals surface area contributed by atoms with Crippen LogP contribution >= 0.6 is 0 Å². The molecule has 150 valence electrons. The zero-order valence-corrected chi connectivity index (χ0v) is 16.5. The van der Waals surface area contributed by atoms with Crippen LogP contribution in [0.3, 0.4) is 0 Å². The van der Waals surface area contributed by atoms with Crippen molar-refractivity contribution in [2.75, 3.05) is 26.2 Å². The van der Waals surface area contributed by atoms with E-state index in [-0.39, 0.29) is 11.5 Å². The lowest BCUT2D eigenvalue weighted by atomic mass is 9.73. The molecule has 1 aromatic carbocycles. The number of nitrogens with zero attached hydrogens (tertiary/aromatic N) is 3. The molecule has 0 aliphatic carbocycles. The number of nitrogens with one attached hydrogen (secondary N) is 1. The number of carbonyl (C=O) groups is 1. The van der Waals surface area contributed by atoms with Gasteiger partial charge in [0.15, 0.2) is 0 Å². The highest BCUT2D eigenvalue weighted by Gasteiger charge is 2.34. The van der Waals surface area contributed by atoms with Crippen LogP contribution in [0.25, 0.3) is 10.9 Å². The molecule has 2 saturated heterocycles. The zero-order valence-electron chi connectivity index (χ0n) is 16.5. The Hall–Kier alpha value is -2.21. The molecule has 1 spiro atoms.